The molecule has 1 aromatic carbocycles. The molecule has 0 radical (unpaired) electrons. The van der Waals surface area contributed by atoms with Gasteiger partial charge < -0.3 is 18.6 Å². The van der Waals surface area contributed by atoms with E-state index in [4.69, 9.17) is 13.9 Å². The lowest BCUT2D eigenvalue weighted by Crippen LogP contribution is -2.04. The maximum Gasteiger partial charge on any atom is 0.387 e. The van der Waals surface area contributed by atoms with E-state index in [2.05, 4.69) is 9.73 Å². The molecule has 0 fully saturated rings. The van der Waals surface area contributed by atoms with Crippen molar-refractivity contribution in [3.8, 4) is 11.5 Å². The Hall–Kier alpha value is -3.16. The van der Waals surface area contributed by atoms with Gasteiger partial charge in [-0.15, -0.1) is 0 Å². The zero-order valence-electron chi connectivity index (χ0n) is 12.4. The molecule has 0 saturated heterocycles. The fourth-order valence-electron chi connectivity index (χ4n) is 2.04. The van der Waals surface area contributed by atoms with E-state index in [1.807, 2.05) is 0 Å². The van der Waals surface area contributed by atoms with E-state index in [0.29, 0.717) is 11.3 Å². The number of cyclic esters (lactones) is 1. The molecule has 24 heavy (non-hydrogen) atoms. The Morgan fingerprint density at radius 1 is 1.25 bits per heavy atom. The van der Waals surface area contributed by atoms with Crippen molar-refractivity contribution in [2.75, 3.05) is 7.11 Å². The van der Waals surface area contributed by atoms with Crippen LogP contribution in [0.1, 0.15) is 11.3 Å². The first kappa shape index (κ1) is 15.7. The summed E-state index contributed by atoms with van der Waals surface area (Å²) in [5.74, 6) is -0.270. The van der Waals surface area contributed by atoms with E-state index in [0.717, 1.165) is 0 Å². The predicted molar refractivity (Wildman–Crippen MR) is 78.9 cm³/mol. The van der Waals surface area contributed by atoms with Gasteiger partial charge in [-0.05, 0) is 35.9 Å². The molecule has 0 spiro atoms. The molecule has 0 unspecified atom stereocenters. The molecule has 2 aromatic rings. The van der Waals surface area contributed by atoms with E-state index in [1.54, 1.807) is 12.1 Å². The second-order valence-electron chi connectivity index (χ2n) is 4.60. The molecule has 0 atom stereocenters. The Morgan fingerprint density at radius 2 is 2.08 bits per heavy atom. The van der Waals surface area contributed by atoms with Crippen molar-refractivity contribution in [1.82, 2.24) is 0 Å². The van der Waals surface area contributed by atoms with Crippen molar-refractivity contribution in [3.63, 3.8) is 0 Å². The highest BCUT2D eigenvalue weighted by Gasteiger charge is 2.25. The van der Waals surface area contributed by atoms with Crippen LogP contribution in [0.2, 0.25) is 0 Å². The summed E-state index contributed by atoms with van der Waals surface area (Å²) in [6.45, 7) is -2.96. The molecule has 1 aliphatic rings. The van der Waals surface area contributed by atoms with Gasteiger partial charge in [-0.25, -0.2) is 9.79 Å². The van der Waals surface area contributed by atoms with Gasteiger partial charge >= 0.3 is 12.6 Å². The van der Waals surface area contributed by atoms with Crippen molar-refractivity contribution in [2.45, 2.75) is 6.61 Å². The Bertz CT molecular complexity index is 812. The molecule has 3 rings (SSSR count). The maximum atomic E-state index is 12.3. The number of halogens is 2. The molecule has 1 aromatic heterocycles. The van der Waals surface area contributed by atoms with Crippen LogP contribution in [0.15, 0.2) is 51.7 Å². The molecule has 0 aliphatic carbocycles. The lowest BCUT2D eigenvalue weighted by molar-refractivity contribution is -0.130. The highest BCUT2D eigenvalue weighted by atomic mass is 19.3. The summed E-state index contributed by atoms with van der Waals surface area (Å²) in [5, 5.41) is 0. The van der Waals surface area contributed by atoms with E-state index in [1.165, 1.54) is 37.6 Å². The van der Waals surface area contributed by atoms with Crippen LogP contribution in [0, 0.1) is 0 Å². The van der Waals surface area contributed by atoms with Crippen molar-refractivity contribution >= 4 is 17.9 Å². The summed E-state index contributed by atoms with van der Waals surface area (Å²) < 4.78 is 44.1. The highest BCUT2D eigenvalue weighted by Crippen LogP contribution is 2.30. The SMILES string of the molecule is COc1cc(/C=C2\N=C(c3ccco3)OC2=O)ccc1OC(F)F. The van der Waals surface area contributed by atoms with Crippen LogP contribution in [0.3, 0.4) is 0 Å². The highest BCUT2D eigenvalue weighted by molar-refractivity contribution is 6.11. The largest absolute Gasteiger partial charge is 0.493 e. The molecule has 0 bridgehead atoms. The number of furan rings is 1. The number of ether oxygens (including phenoxy) is 3. The Balaban J connectivity index is 1.89. The first-order valence-corrected chi connectivity index (χ1v) is 6.76. The smallest absolute Gasteiger partial charge is 0.387 e. The number of hydrogen-bond donors (Lipinski definition) is 0. The molecule has 8 heteroatoms. The Labute approximate surface area is 135 Å². The summed E-state index contributed by atoms with van der Waals surface area (Å²) in [7, 11) is 1.32. The summed E-state index contributed by atoms with van der Waals surface area (Å²) >= 11 is 0. The number of carbonyl (C=O) groups is 1. The number of benzene rings is 1. The number of hydrogen-bond acceptors (Lipinski definition) is 6. The van der Waals surface area contributed by atoms with Crippen LogP contribution in [-0.2, 0) is 9.53 Å². The average molecular weight is 335 g/mol. The first-order chi connectivity index (χ1) is 11.6. The molecule has 6 nitrogen and oxygen atoms in total. The van der Waals surface area contributed by atoms with Crippen molar-refractivity contribution in [3.05, 3.63) is 53.6 Å². The summed E-state index contributed by atoms with van der Waals surface area (Å²) in [6.07, 6.45) is 2.87. The van der Waals surface area contributed by atoms with Crippen LogP contribution in [0.4, 0.5) is 8.78 Å². The summed E-state index contributed by atoms with van der Waals surface area (Å²) in [4.78, 5) is 15.9. The van der Waals surface area contributed by atoms with Crippen molar-refractivity contribution in [2.24, 2.45) is 4.99 Å². The third-order valence-electron chi connectivity index (χ3n) is 3.06. The third-order valence-corrected chi connectivity index (χ3v) is 3.06. The van der Waals surface area contributed by atoms with Crippen molar-refractivity contribution < 1.29 is 32.2 Å². The fraction of sp³-hybridized carbons (Fsp3) is 0.125. The molecular weight excluding hydrogens is 324 g/mol. The minimum absolute atomic E-state index is 0.0472. The van der Waals surface area contributed by atoms with E-state index in [-0.39, 0.29) is 23.1 Å². The topological polar surface area (TPSA) is 70.3 Å². The Morgan fingerprint density at radius 3 is 2.75 bits per heavy atom. The number of aliphatic imine (C=N–C) groups is 1. The second kappa shape index (κ2) is 6.53. The standard InChI is InChI=1S/C16H11F2NO5/c1-21-13-8-9(4-5-11(13)23-16(17)18)7-10-15(20)24-14(19-10)12-3-2-6-22-12/h2-8,16H,1H3/b10-7-. The van der Waals surface area contributed by atoms with Crippen molar-refractivity contribution in [1.29, 1.82) is 0 Å². The molecule has 124 valence electrons. The van der Waals surface area contributed by atoms with E-state index >= 15 is 0 Å². The zero-order chi connectivity index (χ0) is 17.1. The number of carbonyl (C=O) groups excluding carboxylic acids is 1. The number of esters is 1. The average Bonchev–Trinajstić information content (AvgIpc) is 3.19. The van der Waals surface area contributed by atoms with E-state index in [9.17, 15) is 13.6 Å². The lowest BCUT2D eigenvalue weighted by Gasteiger charge is -2.10. The molecule has 0 N–H and O–H groups in total. The Kier molecular flexibility index (Phi) is 4.28. The maximum absolute atomic E-state index is 12.3. The van der Waals surface area contributed by atoms with Gasteiger partial charge in [0.25, 0.3) is 5.90 Å². The van der Waals surface area contributed by atoms with Gasteiger partial charge in [-0.2, -0.15) is 8.78 Å². The number of methoxy groups -OCH3 is 1. The normalized spacial score (nSPS) is 15.6. The predicted octanol–water partition coefficient (Wildman–Crippen LogP) is 3.23. The first-order valence-electron chi connectivity index (χ1n) is 6.76. The van der Waals surface area contributed by atoms with Crippen LogP contribution in [-0.4, -0.2) is 25.6 Å². The minimum atomic E-state index is -2.96. The summed E-state index contributed by atoms with van der Waals surface area (Å²) in [5.41, 5.74) is 0.552. The van der Waals surface area contributed by atoms with Gasteiger partial charge in [-0.1, -0.05) is 6.07 Å². The van der Waals surface area contributed by atoms with Gasteiger partial charge in [0, 0.05) is 0 Å². The van der Waals surface area contributed by atoms with Crippen LogP contribution in [0.5, 0.6) is 11.5 Å². The van der Waals surface area contributed by atoms with Gasteiger partial charge in [0.1, 0.15) is 0 Å². The lowest BCUT2D eigenvalue weighted by atomic mass is 10.1. The molecule has 0 amide bonds. The third kappa shape index (κ3) is 3.27. The quantitative estimate of drug-likeness (QED) is 0.620. The zero-order valence-corrected chi connectivity index (χ0v) is 12.4. The van der Waals surface area contributed by atoms with Gasteiger partial charge in [0.2, 0.25) is 0 Å². The number of alkyl halides is 2. The minimum Gasteiger partial charge on any atom is -0.493 e. The number of rotatable bonds is 5. The van der Waals surface area contributed by atoms with Crippen LogP contribution in [0.25, 0.3) is 6.08 Å². The van der Waals surface area contributed by atoms with Gasteiger partial charge in [0.05, 0.1) is 13.4 Å². The number of nitrogens with zero attached hydrogens (tertiary/aromatic N) is 1. The van der Waals surface area contributed by atoms with Gasteiger partial charge in [0.15, 0.2) is 23.0 Å². The van der Waals surface area contributed by atoms with Gasteiger partial charge in [-0.3, -0.25) is 0 Å². The summed E-state index contributed by atoms with van der Waals surface area (Å²) in [6, 6.07) is 7.49. The molecule has 1 aliphatic heterocycles. The molecular formula is C16H11F2NO5. The second-order valence-corrected chi connectivity index (χ2v) is 4.60. The molecule has 2 heterocycles. The van der Waals surface area contributed by atoms with Crippen LogP contribution < -0.4 is 9.47 Å². The monoisotopic (exact) mass is 335 g/mol. The fourth-order valence-corrected chi connectivity index (χ4v) is 2.04. The molecule has 0 saturated carbocycles. The van der Waals surface area contributed by atoms with Crippen LogP contribution >= 0.6 is 0 Å². The van der Waals surface area contributed by atoms with E-state index < -0.39 is 12.6 Å².